The maximum absolute atomic E-state index is 13.1. The van der Waals surface area contributed by atoms with Crippen LogP contribution in [0.4, 0.5) is 5.69 Å². The van der Waals surface area contributed by atoms with Gasteiger partial charge in [-0.2, -0.15) is 0 Å². The van der Waals surface area contributed by atoms with Gasteiger partial charge in [-0.3, -0.25) is 4.79 Å². The molecule has 1 aliphatic heterocycles. The van der Waals surface area contributed by atoms with Crippen molar-refractivity contribution in [2.24, 2.45) is 0 Å². The first-order chi connectivity index (χ1) is 12.0. The number of para-hydroxylation sites is 1. The van der Waals surface area contributed by atoms with Crippen LogP contribution in [0.1, 0.15) is 42.4 Å². The van der Waals surface area contributed by atoms with E-state index in [1.165, 1.54) is 7.11 Å². The van der Waals surface area contributed by atoms with Crippen molar-refractivity contribution in [2.75, 3.05) is 12.4 Å². The average molecular weight is 405 g/mol. The molecule has 0 bridgehead atoms. The summed E-state index contributed by atoms with van der Waals surface area (Å²) < 4.78 is 6.04. The van der Waals surface area contributed by atoms with Gasteiger partial charge in [0.05, 0.1) is 12.7 Å². The minimum absolute atomic E-state index is 0.00253. The second-order valence-corrected chi connectivity index (χ2v) is 7.02. The fourth-order valence-corrected chi connectivity index (χ4v) is 3.56. The first kappa shape index (κ1) is 17.6. The number of methoxy groups -OCH3 is 1. The molecule has 132 valence electrons. The van der Waals surface area contributed by atoms with Gasteiger partial charge in [0.2, 0.25) is 0 Å². The topological polar surface area (TPSA) is 61.8 Å². The number of nitrogens with one attached hydrogen (secondary N) is 1. The van der Waals surface area contributed by atoms with E-state index in [1.807, 2.05) is 44.2 Å². The molecule has 0 spiro atoms. The van der Waals surface area contributed by atoms with Crippen LogP contribution < -0.4 is 10.1 Å². The second kappa shape index (κ2) is 6.96. The number of halogens is 1. The summed E-state index contributed by atoms with van der Waals surface area (Å²) in [6, 6.07) is 10.9. The third kappa shape index (κ3) is 3.06. The summed E-state index contributed by atoms with van der Waals surface area (Å²) in [5, 5.41) is 14.0. The number of carbonyl (C=O) groups is 1. The highest BCUT2D eigenvalue weighted by Crippen LogP contribution is 2.42. The van der Waals surface area contributed by atoms with E-state index in [-0.39, 0.29) is 17.7 Å². The van der Waals surface area contributed by atoms with Crippen LogP contribution in [0.3, 0.4) is 0 Å². The van der Waals surface area contributed by atoms with Crippen LogP contribution in [0, 0.1) is 0 Å². The van der Waals surface area contributed by atoms with Gasteiger partial charge in [-0.1, -0.05) is 35.0 Å². The molecule has 0 saturated heterocycles. The van der Waals surface area contributed by atoms with Gasteiger partial charge in [-0.25, -0.2) is 0 Å². The Morgan fingerprint density at radius 1 is 1.36 bits per heavy atom. The predicted molar refractivity (Wildman–Crippen MR) is 101 cm³/mol. The Hall–Kier alpha value is -2.21. The number of fused-ring (bicyclic) bond motifs is 1. The third-order valence-corrected chi connectivity index (χ3v) is 5.07. The Kier molecular flexibility index (Phi) is 4.90. The number of hydrogen-bond donors (Lipinski definition) is 2. The smallest absolute Gasteiger partial charge is 0.258 e. The van der Waals surface area contributed by atoms with Gasteiger partial charge in [-0.15, -0.1) is 0 Å². The van der Waals surface area contributed by atoms with Crippen molar-refractivity contribution in [2.45, 2.75) is 32.5 Å². The van der Waals surface area contributed by atoms with Gasteiger partial charge in [-0.05, 0) is 37.6 Å². The van der Waals surface area contributed by atoms with E-state index in [1.54, 1.807) is 11.0 Å². The fraction of sp³-hybridized carbons (Fsp3) is 0.316. The van der Waals surface area contributed by atoms with Gasteiger partial charge < -0.3 is 20.1 Å². The van der Waals surface area contributed by atoms with Gasteiger partial charge >= 0.3 is 0 Å². The number of hydrogen-bond acceptors (Lipinski definition) is 4. The molecule has 0 aliphatic carbocycles. The zero-order valence-corrected chi connectivity index (χ0v) is 16.0. The molecule has 0 unspecified atom stereocenters. The predicted octanol–water partition coefficient (Wildman–Crippen LogP) is 4.53. The molecular weight excluding hydrogens is 384 g/mol. The SMILES string of the molecule is CC[C@@H](C)N1C(=O)c2ccccc2N[C@H]1c1cc(Br)cc(OC)c1O. The highest BCUT2D eigenvalue weighted by atomic mass is 79.9. The lowest BCUT2D eigenvalue weighted by atomic mass is 10.00. The van der Waals surface area contributed by atoms with E-state index in [2.05, 4.69) is 21.2 Å². The summed E-state index contributed by atoms with van der Waals surface area (Å²) in [7, 11) is 1.51. The molecule has 6 heteroatoms. The summed E-state index contributed by atoms with van der Waals surface area (Å²) in [6.45, 7) is 4.05. The normalized spacial score (nSPS) is 17.7. The molecule has 2 N–H and O–H groups in total. The highest BCUT2D eigenvalue weighted by molar-refractivity contribution is 9.10. The van der Waals surface area contributed by atoms with E-state index in [0.717, 1.165) is 16.6 Å². The summed E-state index contributed by atoms with van der Waals surface area (Å²) in [5.41, 5.74) is 1.99. The maximum Gasteiger partial charge on any atom is 0.258 e. The first-order valence-corrected chi connectivity index (χ1v) is 9.01. The molecule has 2 aromatic carbocycles. The Morgan fingerprint density at radius 3 is 2.76 bits per heavy atom. The van der Waals surface area contributed by atoms with Crippen molar-refractivity contribution in [1.82, 2.24) is 4.90 Å². The van der Waals surface area contributed by atoms with Crippen molar-refractivity contribution < 1.29 is 14.6 Å². The lowest BCUT2D eigenvalue weighted by Crippen LogP contribution is -2.47. The summed E-state index contributed by atoms with van der Waals surface area (Å²) in [6.07, 6.45) is 0.321. The zero-order valence-electron chi connectivity index (χ0n) is 14.4. The highest BCUT2D eigenvalue weighted by Gasteiger charge is 2.37. The number of aromatic hydroxyl groups is 1. The van der Waals surface area contributed by atoms with Crippen molar-refractivity contribution in [3.63, 3.8) is 0 Å². The monoisotopic (exact) mass is 404 g/mol. The average Bonchev–Trinajstić information content (AvgIpc) is 2.62. The van der Waals surface area contributed by atoms with Gasteiger partial charge in [0.25, 0.3) is 5.91 Å². The van der Waals surface area contributed by atoms with E-state index >= 15 is 0 Å². The molecular formula is C19H21BrN2O3. The second-order valence-electron chi connectivity index (χ2n) is 6.11. The van der Waals surface area contributed by atoms with Gasteiger partial charge in [0.15, 0.2) is 11.5 Å². The van der Waals surface area contributed by atoms with E-state index < -0.39 is 6.17 Å². The van der Waals surface area contributed by atoms with Crippen LogP contribution in [-0.4, -0.2) is 29.1 Å². The number of ether oxygens (including phenoxy) is 1. The molecule has 5 nitrogen and oxygen atoms in total. The van der Waals surface area contributed by atoms with Crippen molar-refractivity contribution in [3.8, 4) is 11.5 Å². The van der Waals surface area contributed by atoms with Crippen LogP contribution in [0.15, 0.2) is 40.9 Å². The molecule has 0 aromatic heterocycles. The third-order valence-electron chi connectivity index (χ3n) is 4.61. The molecule has 1 aliphatic rings. The molecule has 0 saturated carbocycles. The maximum atomic E-state index is 13.1. The molecule has 1 heterocycles. The lowest BCUT2D eigenvalue weighted by molar-refractivity contribution is 0.0591. The summed E-state index contributed by atoms with van der Waals surface area (Å²) in [4.78, 5) is 14.9. The quantitative estimate of drug-likeness (QED) is 0.785. The van der Waals surface area contributed by atoms with Crippen LogP contribution in [-0.2, 0) is 0 Å². The molecule has 3 rings (SSSR count). The number of phenols is 1. The number of rotatable bonds is 4. The van der Waals surface area contributed by atoms with E-state index in [9.17, 15) is 9.90 Å². The van der Waals surface area contributed by atoms with E-state index in [4.69, 9.17) is 4.74 Å². The molecule has 2 atom stereocenters. The van der Waals surface area contributed by atoms with Crippen molar-refractivity contribution >= 4 is 27.5 Å². The molecule has 2 aromatic rings. The minimum atomic E-state index is -0.483. The Bertz CT molecular complexity index is 809. The van der Waals surface area contributed by atoms with Crippen LogP contribution in [0.25, 0.3) is 0 Å². The van der Waals surface area contributed by atoms with Crippen molar-refractivity contribution in [1.29, 1.82) is 0 Å². The zero-order chi connectivity index (χ0) is 18.1. The van der Waals surface area contributed by atoms with Crippen LogP contribution >= 0.6 is 15.9 Å². The molecule has 1 amide bonds. The van der Waals surface area contributed by atoms with Crippen LogP contribution in [0.2, 0.25) is 0 Å². The Balaban J connectivity index is 2.16. The molecule has 25 heavy (non-hydrogen) atoms. The summed E-state index contributed by atoms with van der Waals surface area (Å²) >= 11 is 3.45. The largest absolute Gasteiger partial charge is 0.504 e. The fourth-order valence-electron chi connectivity index (χ4n) is 3.11. The Morgan fingerprint density at radius 2 is 2.08 bits per heavy atom. The standard InChI is InChI=1S/C19H21BrN2O3/c1-4-11(2)22-18(14-9-12(20)10-16(25-3)17(14)23)21-15-8-6-5-7-13(15)19(22)24/h5-11,18,21,23H,4H2,1-3H3/t11-,18-/m1/s1. The number of phenolic OH excluding ortho intramolecular Hbond substituents is 1. The van der Waals surface area contributed by atoms with Crippen molar-refractivity contribution in [3.05, 3.63) is 52.0 Å². The lowest BCUT2D eigenvalue weighted by Gasteiger charge is -2.41. The number of benzene rings is 2. The Labute approximate surface area is 155 Å². The number of carbonyl (C=O) groups excluding carboxylic acids is 1. The molecule has 0 fully saturated rings. The van der Waals surface area contributed by atoms with Gasteiger partial charge in [0.1, 0.15) is 6.17 Å². The number of nitrogens with zero attached hydrogens (tertiary/aromatic N) is 1. The molecule has 0 radical (unpaired) electrons. The first-order valence-electron chi connectivity index (χ1n) is 8.22. The van der Waals surface area contributed by atoms with Crippen LogP contribution in [0.5, 0.6) is 11.5 Å². The van der Waals surface area contributed by atoms with Gasteiger partial charge in [0, 0.05) is 21.8 Å². The number of amides is 1. The number of anilines is 1. The minimum Gasteiger partial charge on any atom is -0.504 e. The van der Waals surface area contributed by atoms with E-state index in [0.29, 0.717) is 16.9 Å². The summed E-state index contributed by atoms with van der Waals surface area (Å²) in [5.74, 6) is 0.345.